The normalized spacial score (nSPS) is 31.0. The zero-order chi connectivity index (χ0) is 9.03. The highest BCUT2D eigenvalue weighted by molar-refractivity contribution is 4.92. The third-order valence-electron chi connectivity index (χ3n) is 2.50. The lowest BCUT2D eigenvalue weighted by Crippen LogP contribution is -2.57. The summed E-state index contributed by atoms with van der Waals surface area (Å²) < 4.78 is 0. The van der Waals surface area contributed by atoms with Gasteiger partial charge in [0, 0.05) is 6.54 Å². The van der Waals surface area contributed by atoms with Crippen LogP contribution in [0.1, 0.15) is 19.3 Å². The fourth-order valence-electron chi connectivity index (χ4n) is 1.96. The first-order chi connectivity index (χ1) is 5.68. The first kappa shape index (κ1) is 9.96. The van der Waals surface area contributed by atoms with Crippen LogP contribution in [0.2, 0.25) is 0 Å². The lowest BCUT2D eigenvalue weighted by atomic mass is 9.89. The topological polar surface area (TPSA) is 35.5 Å². The third kappa shape index (κ3) is 2.44. The zero-order valence-corrected chi connectivity index (χ0v) is 8.14. The quantitative estimate of drug-likeness (QED) is 0.631. The molecule has 72 valence electrons. The molecule has 0 saturated carbocycles. The van der Waals surface area contributed by atoms with E-state index in [2.05, 4.69) is 10.2 Å². The van der Waals surface area contributed by atoms with Gasteiger partial charge in [-0.25, -0.2) is 0 Å². The smallest absolute Gasteiger partial charge is 0.0625 e. The summed E-state index contributed by atoms with van der Waals surface area (Å²) in [4.78, 5) is 2.13. The Hall–Kier alpha value is -0.120. The van der Waals surface area contributed by atoms with Crippen molar-refractivity contribution in [2.45, 2.75) is 24.8 Å². The van der Waals surface area contributed by atoms with Crippen molar-refractivity contribution in [2.24, 2.45) is 0 Å². The highest BCUT2D eigenvalue weighted by Gasteiger charge is 2.31. The summed E-state index contributed by atoms with van der Waals surface area (Å²) in [6, 6.07) is 0. The van der Waals surface area contributed by atoms with Gasteiger partial charge < -0.3 is 15.3 Å². The molecule has 0 spiro atoms. The van der Waals surface area contributed by atoms with Gasteiger partial charge in [0.15, 0.2) is 0 Å². The molecule has 1 saturated heterocycles. The van der Waals surface area contributed by atoms with Gasteiger partial charge in [0.1, 0.15) is 0 Å². The lowest BCUT2D eigenvalue weighted by molar-refractivity contribution is 0.103. The largest absolute Gasteiger partial charge is 0.394 e. The van der Waals surface area contributed by atoms with Crippen LogP contribution in [-0.4, -0.2) is 49.3 Å². The molecule has 1 heterocycles. The molecule has 1 aliphatic rings. The van der Waals surface area contributed by atoms with Crippen molar-refractivity contribution in [2.75, 3.05) is 33.8 Å². The van der Waals surface area contributed by atoms with Crippen molar-refractivity contribution in [3.63, 3.8) is 0 Å². The molecule has 0 amide bonds. The highest BCUT2D eigenvalue weighted by Crippen LogP contribution is 2.19. The second-order valence-electron chi connectivity index (χ2n) is 4.06. The number of likely N-dealkylation sites (N-methyl/N-ethyl adjacent to an activating group) is 1. The summed E-state index contributed by atoms with van der Waals surface area (Å²) in [5.41, 5.74) is -0.0260. The molecule has 3 heteroatoms. The summed E-state index contributed by atoms with van der Waals surface area (Å²) in [6.07, 6.45) is 3.58. The number of aliphatic hydroxyl groups excluding tert-OH is 1. The molecule has 12 heavy (non-hydrogen) atoms. The Bertz CT molecular complexity index is 130. The van der Waals surface area contributed by atoms with Crippen molar-refractivity contribution in [3.05, 3.63) is 0 Å². The molecule has 1 fully saturated rings. The van der Waals surface area contributed by atoms with E-state index in [0.29, 0.717) is 0 Å². The average Bonchev–Trinajstić information content (AvgIpc) is 2.05. The number of piperidine rings is 1. The number of nitrogens with one attached hydrogen (secondary N) is 1. The predicted octanol–water partition coefficient (Wildman–Crippen LogP) is 0.0526. The van der Waals surface area contributed by atoms with Crippen LogP contribution in [0.15, 0.2) is 0 Å². The predicted molar refractivity (Wildman–Crippen MR) is 50.2 cm³/mol. The highest BCUT2D eigenvalue weighted by atomic mass is 16.3. The second kappa shape index (κ2) is 4.21. The van der Waals surface area contributed by atoms with E-state index in [1.54, 1.807) is 0 Å². The van der Waals surface area contributed by atoms with Crippen molar-refractivity contribution in [1.29, 1.82) is 0 Å². The molecule has 0 bridgehead atoms. The van der Waals surface area contributed by atoms with Crippen LogP contribution in [0.25, 0.3) is 0 Å². The standard InChI is InChI=1S/C9H20N2O/c1-11(2)7-9(8-12)5-3-4-6-10-9/h10,12H,3-8H2,1-2H3. The Balaban J connectivity index is 2.48. The van der Waals surface area contributed by atoms with Gasteiger partial charge in [0.25, 0.3) is 0 Å². The van der Waals surface area contributed by atoms with E-state index in [9.17, 15) is 5.11 Å². The molecule has 0 aromatic rings. The SMILES string of the molecule is CN(C)CC1(CO)CCCCN1. The van der Waals surface area contributed by atoms with Crippen LogP contribution >= 0.6 is 0 Å². The van der Waals surface area contributed by atoms with Crippen LogP contribution in [0.3, 0.4) is 0 Å². The fourth-order valence-corrected chi connectivity index (χ4v) is 1.96. The Morgan fingerprint density at radius 1 is 1.42 bits per heavy atom. The third-order valence-corrected chi connectivity index (χ3v) is 2.50. The monoisotopic (exact) mass is 172 g/mol. The minimum Gasteiger partial charge on any atom is -0.394 e. The Kier molecular flexibility index (Phi) is 3.50. The maximum atomic E-state index is 9.30. The van der Waals surface area contributed by atoms with E-state index < -0.39 is 0 Å². The van der Waals surface area contributed by atoms with E-state index in [4.69, 9.17) is 0 Å². The van der Waals surface area contributed by atoms with Crippen LogP contribution in [0.5, 0.6) is 0 Å². The van der Waals surface area contributed by atoms with Crippen molar-refractivity contribution >= 4 is 0 Å². The molecule has 1 atom stereocenters. The maximum Gasteiger partial charge on any atom is 0.0625 e. The van der Waals surface area contributed by atoms with E-state index in [-0.39, 0.29) is 12.1 Å². The molecule has 1 rings (SSSR count). The second-order valence-corrected chi connectivity index (χ2v) is 4.06. The van der Waals surface area contributed by atoms with Gasteiger partial charge in [-0.2, -0.15) is 0 Å². The molecule has 0 aromatic carbocycles. The minimum absolute atomic E-state index is 0.0260. The van der Waals surface area contributed by atoms with Crippen LogP contribution < -0.4 is 5.32 Å². The van der Waals surface area contributed by atoms with Gasteiger partial charge in [0.05, 0.1) is 12.1 Å². The van der Waals surface area contributed by atoms with Crippen molar-refractivity contribution in [1.82, 2.24) is 10.2 Å². The van der Waals surface area contributed by atoms with Gasteiger partial charge in [-0.1, -0.05) is 6.42 Å². The average molecular weight is 172 g/mol. The molecule has 1 aliphatic heterocycles. The molecule has 1 unspecified atom stereocenters. The maximum absolute atomic E-state index is 9.30. The van der Waals surface area contributed by atoms with Gasteiger partial charge in [-0.3, -0.25) is 0 Å². The van der Waals surface area contributed by atoms with E-state index in [1.165, 1.54) is 12.8 Å². The van der Waals surface area contributed by atoms with Gasteiger partial charge in [0.2, 0.25) is 0 Å². The Labute approximate surface area is 74.8 Å². The lowest BCUT2D eigenvalue weighted by Gasteiger charge is -2.38. The van der Waals surface area contributed by atoms with Crippen molar-refractivity contribution in [3.8, 4) is 0 Å². The zero-order valence-electron chi connectivity index (χ0n) is 8.14. The number of hydrogen-bond donors (Lipinski definition) is 2. The molecule has 0 aromatic heterocycles. The summed E-state index contributed by atoms with van der Waals surface area (Å²) in [5.74, 6) is 0. The minimum atomic E-state index is -0.0260. The summed E-state index contributed by atoms with van der Waals surface area (Å²) in [7, 11) is 4.10. The van der Waals surface area contributed by atoms with E-state index in [0.717, 1.165) is 19.5 Å². The molecule has 3 nitrogen and oxygen atoms in total. The van der Waals surface area contributed by atoms with Gasteiger partial charge >= 0.3 is 0 Å². The molecular formula is C9H20N2O. The van der Waals surface area contributed by atoms with Gasteiger partial charge in [-0.05, 0) is 33.5 Å². The number of aliphatic hydroxyl groups is 1. The molecule has 2 N–H and O–H groups in total. The Morgan fingerprint density at radius 3 is 2.58 bits per heavy atom. The molecule has 0 radical (unpaired) electrons. The van der Waals surface area contributed by atoms with Crippen molar-refractivity contribution < 1.29 is 5.11 Å². The first-order valence-corrected chi connectivity index (χ1v) is 4.69. The van der Waals surface area contributed by atoms with E-state index in [1.807, 2.05) is 14.1 Å². The Morgan fingerprint density at radius 2 is 2.17 bits per heavy atom. The number of nitrogens with zero attached hydrogens (tertiary/aromatic N) is 1. The van der Waals surface area contributed by atoms with Crippen LogP contribution in [0, 0.1) is 0 Å². The van der Waals surface area contributed by atoms with E-state index >= 15 is 0 Å². The van der Waals surface area contributed by atoms with Crippen LogP contribution in [-0.2, 0) is 0 Å². The molecule has 0 aliphatic carbocycles. The number of rotatable bonds is 3. The summed E-state index contributed by atoms with van der Waals surface area (Å²) in [5, 5.41) is 12.7. The summed E-state index contributed by atoms with van der Waals surface area (Å²) in [6.45, 7) is 2.24. The van der Waals surface area contributed by atoms with Crippen LogP contribution in [0.4, 0.5) is 0 Å². The molecular weight excluding hydrogens is 152 g/mol. The first-order valence-electron chi connectivity index (χ1n) is 4.69. The summed E-state index contributed by atoms with van der Waals surface area (Å²) >= 11 is 0. The number of hydrogen-bond acceptors (Lipinski definition) is 3. The fraction of sp³-hybridized carbons (Fsp3) is 1.00. The van der Waals surface area contributed by atoms with Gasteiger partial charge in [-0.15, -0.1) is 0 Å².